The molecule has 0 saturated carbocycles. The fourth-order valence-corrected chi connectivity index (χ4v) is 4.60. The molecular formula is C16H12IK2N3O9S2. The maximum absolute atomic E-state index is 12.9. The number of hydrogen-bond acceptors (Lipinski definition) is 10. The van der Waals surface area contributed by atoms with E-state index >= 15 is 0 Å². The number of rotatable bonds is 6. The van der Waals surface area contributed by atoms with Crippen molar-refractivity contribution < 1.29 is 143 Å². The second kappa shape index (κ2) is 12.0. The second-order valence-electron chi connectivity index (χ2n) is 6.38. The van der Waals surface area contributed by atoms with Gasteiger partial charge in [0.05, 0.1) is 25.5 Å². The van der Waals surface area contributed by atoms with Gasteiger partial charge in [-0.1, -0.05) is 22.6 Å². The second-order valence-corrected chi connectivity index (χ2v) is 9.87. The van der Waals surface area contributed by atoms with Crippen molar-refractivity contribution in [2.45, 2.75) is 9.79 Å². The Labute approximate surface area is 287 Å². The Morgan fingerprint density at radius 1 is 1.00 bits per heavy atom. The number of amides is 3. The summed E-state index contributed by atoms with van der Waals surface area (Å²) in [7, 11) is -10.3. The molecule has 0 unspecified atom stereocenters. The number of nitrogens with one attached hydrogen (secondary N) is 1. The summed E-state index contributed by atoms with van der Waals surface area (Å²) in [5, 5.41) is 1.86. The summed E-state index contributed by atoms with van der Waals surface area (Å²) in [5.74, 6) is -2.32. The molecule has 0 aromatic heterocycles. The number of nitrogens with two attached hydrogens (primary N) is 1. The van der Waals surface area contributed by atoms with Gasteiger partial charge in [-0.25, -0.2) is 16.8 Å². The number of hydrogen-bond donors (Lipinski definition) is 2. The van der Waals surface area contributed by atoms with Gasteiger partial charge in [-0.05, 0) is 18.2 Å². The monoisotopic (exact) mass is 659 g/mol. The molecular weight excluding hydrogens is 647 g/mol. The zero-order valence-corrected chi connectivity index (χ0v) is 27.3. The molecule has 2 aromatic rings. The van der Waals surface area contributed by atoms with E-state index in [1.54, 1.807) is 22.6 Å². The van der Waals surface area contributed by atoms with Gasteiger partial charge in [0.15, 0.2) is 0 Å². The maximum Gasteiger partial charge on any atom is 1.00 e. The van der Waals surface area contributed by atoms with Crippen LogP contribution >= 0.6 is 22.6 Å². The van der Waals surface area contributed by atoms with E-state index < -0.39 is 52.9 Å². The first-order valence-corrected chi connectivity index (χ1v) is 12.6. The predicted octanol–water partition coefficient (Wildman–Crippen LogP) is -6.61. The van der Waals surface area contributed by atoms with Gasteiger partial charge in [-0.15, -0.1) is 0 Å². The molecule has 3 N–H and O–H groups in total. The average Bonchev–Trinajstić information content (AvgIpc) is 2.67. The van der Waals surface area contributed by atoms with Crippen LogP contribution in [0.4, 0.5) is 5.69 Å². The Morgan fingerprint density at radius 2 is 1.55 bits per heavy atom. The minimum Gasteiger partial charge on any atom is -0.744 e. The van der Waals surface area contributed by atoms with E-state index in [-0.39, 0.29) is 143 Å². The van der Waals surface area contributed by atoms with Crippen LogP contribution in [0.25, 0.3) is 10.8 Å². The Bertz CT molecular complexity index is 1360. The third-order valence-electron chi connectivity index (χ3n) is 4.50. The molecule has 1 aliphatic heterocycles. The number of halogens is 1. The first kappa shape index (κ1) is 32.0. The number of imide groups is 1. The number of carbonyl (C=O) groups excluding carboxylic acids is 3. The van der Waals surface area contributed by atoms with Crippen molar-refractivity contribution in [3.05, 3.63) is 29.3 Å². The van der Waals surface area contributed by atoms with Crippen LogP contribution in [0.2, 0.25) is 0 Å². The van der Waals surface area contributed by atoms with E-state index in [4.69, 9.17) is 5.73 Å². The summed E-state index contributed by atoms with van der Waals surface area (Å²) < 4.78 is 69.7. The molecule has 12 nitrogen and oxygen atoms in total. The molecule has 2 aromatic carbocycles. The van der Waals surface area contributed by atoms with Gasteiger partial charge in [-0.2, -0.15) is 0 Å². The van der Waals surface area contributed by atoms with E-state index in [1.165, 1.54) is 0 Å². The average molecular weight is 660 g/mol. The summed E-state index contributed by atoms with van der Waals surface area (Å²) in [4.78, 5) is 36.0. The molecule has 1 heterocycles. The SMILES string of the molecule is Nc1c(S(=O)(=O)[O-])cc2c3c(cc(S(=O)(=O)[O-])cc13)C(=O)N(CCNC(=O)CI)C2=O.[K+].[K+]. The van der Waals surface area contributed by atoms with Gasteiger partial charge in [0.1, 0.15) is 20.2 Å². The molecule has 33 heavy (non-hydrogen) atoms. The summed E-state index contributed by atoms with van der Waals surface area (Å²) in [6, 6.07) is 2.18. The normalized spacial score (nSPS) is 13.4. The molecule has 0 saturated heterocycles. The summed E-state index contributed by atoms with van der Waals surface area (Å²) in [6.07, 6.45) is 0. The number of anilines is 1. The fraction of sp³-hybridized carbons (Fsp3) is 0.188. The van der Waals surface area contributed by atoms with Crippen LogP contribution < -0.4 is 114 Å². The van der Waals surface area contributed by atoms with E-state index in [9.17, 15) is 40.3 Å². The molecule has 0 bridgehead atoms. The zero-order chi connectivity index (χ0) is 23.3. The van der Waals surface area contributed by atoms with E-state index in [0.717, 1.165) is 6.07 Å². The molecule has 0 aliphatic carbocycles. The van der Waals surface area contributed by atoms with Crippen LogP contribution in [0.1, 0.15) is 20.7 Å². The number of nitrogens with zero attached hydrogens (tertiary/aromatic N) is 1. The number of carbonyl (C=O) groups is 3. The molecule has 17 heteroatoms. The largest absolute Gasteiger partial charge is 1.00 e. The minimum atomic E-state index is -5.20. The Balaban J connectivity index is 0.00000272. The third kappa shape index (κ3) is 6.63. The van der Waals surface area contributed by atoms with Crippen LogP contribution in [0.3, 0.4) is 0 Å². The van der Waals surface area contributed by atoms with Crippen molar-refractivity contribution in [3.8, 4) is 0 Å². The first-order chi connectivity index (χ1) is 14.3. The zero-order valence-electron chi connectivity index (χ0n) is 17.2. The van der Waals surface area contributed by atoms with E-state index in [2.05, 4.69) is 5.32 Å². The third-order valence-corrected chi connectivity index (χ3v) is 6.88. The van der Waals surface area contributed by atoms with Crippen molar-refractivity contribution in [1.82, 2.24) is 10.2 Å². The summed E-state index contributed by atoms with van der Waals surface area (Å²) >= 11 is 1.80. The topological polar surface area (TPSA) is 207 Å². The van der Waals surface area contributed by atoms with Gasteiger partial charge in [0.2, 0.25) is 5.91 Å². The quantitative estimate of drug-likeness (QED) is 0.0749. The standard InChI is InChI=1S/C16H14IN3O9S2.2K/c17-6-12(21)19-1-2-20-15(22)9-4-7(30(24,25)26)3-8-13(9)10(16(20)23)5-11(14(8)18)31(27,28)29;;/h3-5H,1-2,6,18H2,(H,19,21)(H,24,25,26)(H,27,28,29);;/q;2*+1/p-2. The van der Waals surface area contributed by atoms with Crippen LogP contribution in [0.5, 0.6) is 0 Å². The van der Waals surface area contributed by atoms with Crippen molar-refractivity contribution >= 4 is 77.0 Å². The number of alkyl halides is 1. The van der Waals surface area contributed by atoms with Crippen LogP contribution in [-0.2, 0) is 25.0 Å². The summed E-state index contributed by atoms with van der Waals surface area (Å²) in [6.45, 7) is -0.474. The maximum atomic E-state index is 12.9. The van der Waals surface area contributed by atoms with E-state index in [0.29, 0.717) is 17.0 Å². The minimum absolute atomic E-state index is 0. The first-order valence-electron chi connectivity index (χ1n) is 8.28. The molecule has 0 spiro atoms. The molecule has 3 amide bonds. The van der Waals surface area contributed by atoms with Crippen LogP contribution in [0.15, 0.2) is 28.0 Å². The number of benzene rings is 2. The molecule has 1 aliphatic rings. The van der Waals surface area contributed by atoms with Crippen molar-refractivity contribution in [2.75, 3.05) is 23.3 Å². The van der Waals surface area contributed by atoms with Crippen LogP contribution in [0, 0.1) is 0 Å². The molecule has 166 valence electrons. The molecule has 0 atom stereocenters. The van der Waals surface area contributed by atoms with E-state index in [1.807, 2.05) is 0 Å². The van der Waals surface area contributed by atoms with Gasteiger partial charge in [0, 0.05) is 29.4 Å². The van der Waals surface area contributed by atoms with Crippen molar-refractivity contribution in [3.63, 3.8) is 0 Å². The van der Waals surface area contributed by atoms with Crippen molar-refractivity contribution in [2.24, 2.45) is 0 Å². The van der Waals surface area contributed by atoms with Crippen molar-refractivity contribution in [1.29, 1.82) is 0 Å². The summed E-state index contributed by atoms with van der Waals surface area (Å²) in [5.41, 5.74) is 4.27. The van der Waals surface area contributed by atoms with Gasteiger partial charge >= 0.3 is 103 Å². The Morgan fingerprint density at radius 3 is 2.03 bits per heavy atom. The number of nitrogen functional groups attached to an aromatic ring is 1. The van der Waals surface area contributed by atoms with Crippen LogP contribution in [-0.4, -0.2) is 66.1 Å². The molecule has 0 radical (unpaired) electrons. The Kier molecular flexibility index (Phi) is 11.6. The van der Waals surface area contributed by atoms with Gasteiger partial charge in [0.25, 0.3) is 11.8 Å². The van der Waals surface area contributed by atoms with Gasteiger partial charge in [-0.3, -0.25) is 19.3 Å². The molecule has 0 fully saturated rings. The predicted molar refractivity (Wildman–Crippen MR) is 112 cm³/mol. The fourth-order valence-electron chi connectivity index (χ4n) is 3.16. The van der Waals surface area contributed by atoms with Gasteiger partial charge < -0.3 is 20.2 Å². The smallest absolute Gasteiger partial charge is 0.744 e. The Hall–Kier alpha value is 0.933. The molecule has 3 rings (SSSR count).